The van der Waals surface area contributed by atoms with E-state index in [1.54, 1.807) is 24.3 Å². The summed E-state index contributed by atoms with van der Waals surface area (Å²) >= 11 is 0. The SMILES string of the molecule is O=C(COCc1ccccc1)Nc1cccc(C(=O)NC2CC2)c1. The second-order valence-corrected chi connectivity index (χ2v) is 5.86. The summed E-state index contributed by atoms with van der Waals surface area (Å²) in [5.74, 6) is -0.348. The van der Waals surface area contributed by atoms with Crippen LogP contribution in [0.15, 0.2) is 54.6 Å². The van der Waals surface area contributed by atoms with E-state index in [0.29, 0.717) is 23.9 Å². The minimum Gasteiger partial charge on any atom is -0.367 e. The zero-order chi connectivity index (χ0) is 16.8. The summed E-state index contributed by atoms with van der Waals surface area (Å²) in [6.45, 7) is 0.353. The van der Waals surface area contributed by atoms with E-state index in [2.05, 4.69) is 10.6 Å². The van der Waals surface area contributed by atoms with Crippen LogP contribution in [0.1, 0.15) is 28.8 Å². The number of benzene rings is 2. The van der Waals surface area contributed by atoms with E-state index in [9.17, 15) is 9.59 Å². The molecule has 24 heavy (non-hydrogen) atoms. The molecule has 2 amide bonds. The Kier molecular flexibility index (Phi) is 5.23. The predicted octanol–water partition coefficient (Wildman–Crippen LogP) is 2.73. The molecule has 0 spiro atoms. The lowest BCUT2D eigenvalue weighted by atomic mass is 10.2. The fourth-order valence-electron chi connectivity index (χ4n) is 2.27. The van der Waals surface area contributed by atoms with E-state index in [1.807, 2.05) is 30.3 Å². The minimum atomic E-state index is -0.245. The molecule has 0 saturated heterocycles. The van der Waals surface area contributed by atoms with Crippen LogP contribution in [0.25, 0.3) is 0 Å². The molecule has 0 atom stereocenters. The molecule has 5 heteroatoms. The van der Waals surface area contributed by atoms with Gasteiger partial charge in [-0.05, 0) is 36.6 Å². The zero-order valence-electron chi connectivity index (χ0n) is 13.3. The van der Waals surface area contributed by atoms with Crippen LogP contribution in [0, 0.1) is 0 Å². The van der Waals surface area contributed by atoms with Crippen molar-refractivity contribution in [3.8, 4) is 0 Å². The second kappa shape index (κ2) is 7.75. The Morgan fingerprint density at radius 1 is 1.04 bits per heavy atom. The third-order valence-electron chi connectivity index (χ3n) is 3.67. The average Bonchev–Trinajstić information content (AvgIpc) is 3.40. The van der Waals surface area contributed by atoms with E-state index >= 15 is 0 Å². The van der Waals surface area contributed by atoms with Crippen molar-refractivity contribution in [1.82, 2.24) is 5.32 Å². The van der Waals surface area contributed by atoms with Crippen molar-refractivity contribution in [1.29, 1.82) is 0 Å². The van der Waals surface area contributed by atoms with E-state index in [0.717, 1.165) is 18.4 Å². The highest BCUT2D eigenvalue weighted by Gasteiger charge is 2.23. The van der Waals surface area contributed by atoms with Crippen molar-refractivity contribution >= 4 is 17.5 Å². The average molecular weight is 324 g/mol. The maximum Gasteiger partial charge on any atom is 0.251 e. The molecule has 1 saturated carbocycles. The van der Waals surface area contributed by atoms with Crippen molar-refractivity contribution in [2.24, 2.45) is 0 Å². The van der Waals surface area contributed by atoms with Crippen LogP contribution in [-0.4, -0.2) is 24.5 Å². The molecular formula is C19H20N2O3. The van der Waals surface area contributed by atoms with Gasteiger partial charge in [-0.1, -0.05) is 36.4 Å². The molecule has 0 bridgehead atoms. The largest absolute Gasteiger partial charge is 0.367 e. The lowest BCUT2D eigenvalue weighted by Crippen LogP contribution is -2.25. The summed E-state index contributed by atoms with van der Waals surface area (Å²) in [6.07, 6.45) is 2.09. The first kappa shape index (κ1) is 16.2. The maximum atomic E-state index is 12.0. The van der Waals surface area contributed by atoms with Crippen molar-refractivity contribution < 1.29 is 14.3 Å². The number of hydrogen-bond donors (Lipinski definition) is 2. The van der Waals surface area contributed by atoms with Crippen LogP contribution in [-0.2, 0) is 16.1 Å². The normalized spacial score (nSPS) is 13.3. The smallest absolute Gasteiger partial charge is 0.251 e. The fourth-order valence-corrected chi connectivity index (χ4v) is 2.27. The van der Waals surface area contributed by atoms with E-state index in [-0.39, 0.29) is 18.4 Å². The maximum absolute atomic E-state index is 12.0. The molecule has 0 aliphatic heterocycles. The van der Waals surface area contributed by atoms with Gasteiger partial charge in [0.05, 0.1) is 6.61 Å². The number of hydrogen-bond acceptors (Lipinski definition) is 3. The summed E-state index contributed by atoms with van der Waals surface area (Å²) < 4.78 is 5.40. The molecule has 0 radical (unpaired) electrons. The molecule has 1 aliphatic carbocycles. The van der Waals surface area contributed by atoms with Gasteiger partial charge in [0.1, 0.15) is 6.61 Å². The fraction of sp³-hybridized carbons (Fsp3) is 0.263. The second-order valence-electron chi connectivity index (χ2n) is 5.86. The molecule has 2 aromatic carbocycles. The molecular weight excluding hydrogens is 304 g/mol. The number of carbonyl (C=O) groups is 2. The summed E-state index contributed by atoms with van der Waals surface area (Å²) in [5, 5.41) is 5.68. The molecule has 1 fully saturated rings. The van der Waals surface area contributed by atoms with Gasteiger partial charge in [-0.15, -0.1) is 0 Å². The lowest BCUT2D eigenvalue weighted by molar-refractivity contribution is -0.121. The van der Waals surface area contributed by atoms with Gasteiger partial charge in [0.25, 0.3) is 5.91 Å². The van der Waals surface area contributed by atoms with Gasteiger partial charge in [-0.2, -0.15) is 0 Å². The Balaban J connectivity index is 1.47. The van der Waals surface area contributed by atoms with E-state index in [1.165, 1.54) is 0 Å². The van der Waals surface area contributed by atoms with Gasteiger partial charge in [0.15, 0.2) is 0 Å². The third-order valence-corrected chi connectivity index (χ3v) is 3.67. The molecule has 0 aromatic heterocycles. The van der Waals surface area contributed by atoms with Crippen LogP contribution in [0.5, 0.6) is 0 Å². The molecule has 1 aliphatic rings. The van der Waals surface area contributed by atoms with Crippen LogP contribution in [0.4, 0.5) is 5.69 Å². The minimum absolute atomic E-state index is 0.0343. The van der Waals surface area contributed by atoms with Crippen molar-refractivity contribution in [3.05, 3.63) is 65.7 Å². The molecule has 0 unspecified atom stereocenters. The number of anilines is 1. The summed E-state index contributed by atoms with van der Waals surface area (Å²) in [4.78, 5) is 23.9. The summed E-state index contributed by atoms with van der Waals surface area (Å²) in [6, 6.07) is 16.9. The van der Waals surface area contributed by atoms with Crippen molar-refractivity contribution in [3.63, 3.8) is 0 Å². The molecule has 2 N–H and O–H groups in total. The zero-order valence-corrected chi connectivity index (χ0v) is 13.3. The standard InChI is InChI=1S/C19H20N2O3/c22-18(13-24-12-14-5-2-1-3-6-14)20-17-8-4-7-15(11-17)19(23)21-16-9-10-16/h1-8,11,16H,9-10,12-13H2,(H,20,22)(H,21,23). The van der Waals surface area contributed by atoms with Crippen LogP contribution in [0.2, 0.25) is 0 Å². The number of carbonyl (C=O) groups excluding carboxylic acids is 2. The van der Waals surface area contributed by atoms with Gasteiger partial charge in [-0.25, -0.2) is 0 Å². The molecule has 2 aromatic rings. The van der Waals surface area contributed by atoms with Gasteiger partial charge < -0.3 is 15.4 Å². The molecule has 0 heterocycles. The molecule has 124 valence electrons. The molecule has 3 rings (SSSR count). The number of rotatable bonds is 7. The Labute approximate surface area is 141 Å². The van der Waals surface area contributed by atoms with Crippen LogP contribution in [0.3, 0.4) is 0 Å². The Hall–Kier alpha value is -2.66. The van der Waals surface area contributed by atoms with Gasteiger partial charge in [0.2, 0.25) is 5.91 Å². The highest BCUT2D eigenvalue weighted by atomic mass is 16.5. The Morgan fingerprint density at radius 3 is 2.58 bits per heavy atom. The van der Waals surface area contributed by atoms with Crippen LogP contribution < -0.4 is 10.6 Å². The van der Waals surface area contributed by atoms with Crippen LogP contribution >= 0.6 is 0 Å². The topological polar surface area (TPSA) is 67.4 Å². The highest BCUT2D eigenvalue weighted by molar-refractivity contribution is 5.97. The Morgan fingerprint density at radius 2 is 1.83 bits per heavy atom. The van der Waals surface area contributed by atoms with Gasteiger partial charge in [0, 0.05) is 17.3 Å². The quantitative estimate of drug-likeness (QED) is 0.823. The highest BCUT2D eigenvalue weighted by Crippen LogP contribution is 2.20. The third kappa shape index (κ3) is 4.93. The van der Waals surface area contributed by atoms with E-state index in [4.69, 9.17) is 4.74 Å². The monoisotopic (exact) mass is 324 g/mol. The van der Waals surface area contributed by atoms with Crippen molar-refractivity contribution in [2.45, 2.75) is 25.5 Å². The number of ether oxygens (including phenoxy) is 1. The first-order valence-electron chi connectivity index (χ1n) is 8.03. The van der Waals surface area contributed by atoms with Gasteiger partial charge in [-0.3, -0.25) is 9.59 Å². The van der Waals surface area contributed by atoms with Gasteiger partial charge >= 0.3 is 0 Å². The summed E-state index contributed by atoms with van der Waals surface area (Å²) in [5.41, 5.74) is 2.15. The first-order chi connectivity index (χ1) is 11.7. The van der Waals surface area contributed by atoms with Crippen molar-refractivity contribution in [2.75, 3.05) is 11.9 Å². The number of amides is 2. The first-order valence-corrected chi connectivity index (χ1v) is 8.03. The molecule has 5 nitrogen and oxygen atoms in total. The lowest BCUT2D eigenvalue weighted by Gasteiger charge is -2.08. The Bertz CT molecular complexity index is 712. The summed E-state index contributed by atoms with van der Waals surface area (Å²) in [7, 11) is 0. The number of nitrogens with one attached hydrogen (secondary N) is 2. The predicted molar refractivity (Wildman–Crippen MR) is 91.7 cm³/mol. The van der Waals surface area contributed by atoms with E-state index < -0.39 is 0 Å².